The van der Waals surface area contributed by atoms with Gasteiger partial charge < -0.3 is 0 Å². The Morgan fingerprint density at radius 3 is 2.67 bits per heavy atom. The average molecular weight is 289 g/mol. The first-order valence-corrected chi connectivity index (χ1v) is 8.32. The van der Waals surface area contributed by atoms with Crippen molar-refractivity contribution in [1.82, 2.24) is 4.98 Å². The van der Waals surface area contributed by atoms with E-state index in [2.05, 4.69) is 50.0 Å². The van der Waals surface area contributed by atoms with Gasteiger partial charge in [0, 0.05) is 0 Å². The van der Waals surface area contributed by atoms with Crippen molar-refractivity contribution in [2.24, 2.45) is 0 Å². The van der Waals surface area contributed by atoms with Crippen LogP contribution in [0.2, 0.25) is 5.02 Å². The molecule has 83 valence electrons. The Labute approximate surface area is 97.2 Å². The van der Waals surface area contributed by atoms with Gasteiger partial charge in [0.25, 0.3) is 0 Å². The Morgan fingerprint density at radius 1 is 1.40 bits per heavy atom. The number of aryl methyl sites for hydroxylation is 2. The molecule has 2 rings (SSSR count). The number of allylic oxidation sites excluding steroid dienone is 4. The Hall–Kier alpha value is -0.617. The molecule has 1 heterocycles. The summed E-state index contributed by atoms with van der Waals surface area (Å²) in [5.74, 6) is 0. The minimum atomic E-state index is -0.922. The summed E-state index contributed by atoms with van der Waals surface area (Å²) in [6.07, 6.45) is 8.02. The van der Waals surface area contributed by atoms with Gasteiger partial charge in [-0.2, -0.15) is 0 Å². The monoisotopic (exact) mass is 290 g/mol. The van der Waals surface area contributed by atoms with Crippen molar-refractivity contribution in [3.63, 3.8) is 0 Å². The van der Waals surface area contributed by atoms with Crippen molar-refractivity contribution in [2.75, 3.05) is 0 Å². The Kier molecular flexibility index (Phi) is 3.26. The van der Waals surface area contributed by atoms with E-state index in [-0.39, 0.29) is 0 Å². The molecule has 0 saturated carbocycles. The van der Waals surface area contributed by atoms with Gasteiger partial charge in [-0.3, -0.25) is 0 Å². The molecule has 15 heavy (non-hydrogen) atoms. The molecule has 0 radical (unpaired) electrons. The standard InChI is InChI=1S/C6H8N.C5H5.C2H5.Ru/c1-5-3-4-6(2)7-5;1-2-4-5-3-1;1-2;/h3,7H,1-2H3;1-3H,4H2;1H2,2H3;. The molecule has 1 aliphatic rings. The molecule has 0 saturated heterocycles. The molecule has 0 unspecified atom stereocenters. The van der Waals surface area contributed by atoms with Gasteiger partial charge in [-0.05, 0) is 0 Å². The second-order valence-corrected chi connectivity index (χ2v) is 8.68. The van der Waals surface area contributed by atoms with Crippen LogP contribution in [0.25, 0.3) is 0 Å². The molecule has 1 nitrogen and oxygen atoms in total. The predicted octanol–water partition coefficient (Wildman–Crippen LogP) is 3.16. The second kappa shape index (κ2) is 4.49. The van der Waals surface area contributed by atoms with Crippen LogP contribution in [0.15, 0.2) is 28.5 Å². The van der Waals surface area contributed by atoms with Gasteiger partial charge in [-0.25, -0.2) is 0 Å². The zero-order chi connectivity index (χ0) is 10.8. The van der Waals surface area contributed by atoms with Crippen molar-refractivity contribution >= 4 is 4.16 Å². The van der Waals surface area contributed by atoms with E-state index in [1.807, 2.05) is 0 Å². The minimum absolute atomic E-state index is 0.922. The molecular formula is C13H18NRu. The van der Waals surface area contributed by atoms with Crippen LogP contribution in [0.3, 0.4) is 0 Å². The van der Waals surface area contributed by atoms with Gasteiger partial charge in [0.15, 0.2) is 0 Å². The third-order valence-corrected chi connectivity index (χ3v) is 7.80. The Morgan fingerprint density at radius 2 is 2.20 bits per heavy atom. The van der Waals surface area contributed by atoms with Crippen LogP contribution in [0.1, 0.15) is 24.7 Å². The Bertz CT molecular complexity index is 412. The molecule has 2 heteroatoms. The first-order chi connectivity index (χ1) is 7.22. The van der Waals surface area contributed by atoms with E-state index in [0.717, 1.165) is 0 Å². The number of hydrogen-bond donors (Lipinski definition) is 1. The van der Waals surface area contributed by atoms with Crippen molar-refractivity contribution in [2.45, 2.75) is 32.2 Å². The number of rotatable bonds is 3. The van der Waals surface area contributed by atoms with Crippen LogP contribution < -0.4 is 4.16 Å². The van der Waals surface area contributed by atoms with E-state index in [0.29, 0.717) is 0 Å². The third kappa shape index (κ3) is 2.15. The normalized spacial score (nSPS) is 15.7. The maximum absolute atomic E-state index is 3.43. The molecule has 0 atom stereocenters. The van der Waals surface area contributed by atoms with Crippen molar-refractivity contribution in [3.05, 3.63) is 39.8 Å². The first-order valence-electron chi connectivity index (χ1n) is 5.36. The zero-order valence-electron chi connectivity index (χ0n) is 9.58. The second-order valence-electron chi connectivity index (χ2n) is 3.73. The quantitative estimate of drug-likeness (QED) is 0.823. The average Bonchev–Trinajstić information content (AvgIpc) is 2.79. The van der Waals surface area contributed by atoms with Crippen molar-refractivity contribution in [1.29, 1.82) is 0 Å². The summed E-state index contributed by atoms with van der Waals surface area (Å²) in [5.41, 5.74) is 2.70. The van der Waals surface area contributed by atoms with Gasteiger partial charge in [-0.15, -0.1) is 0 Å². The van der Waals surface area contributed by atoms with E-state index in [1.54, 1.807) is 8.33 Å². The molecule has 0 amide bonds. The van der Waals surface area contributed by atoms with Crippen molar-refractivity contribution < 1.29 is 16.0 Å². The van der Waals surface area contributed by atoms with E-state index in [4.69, 9.17) is 0 Å². The summed E-state index contributed by atoms with van der Waals surface area (Å²) >= 11 is -0.922. The maximum atomic E-state index is 3.43. The number of nitrogens with one attached hydrogen (secondary N) is 1. The van der Waals surface area contributed by atoms with E-state index >= 15 is 0 Å². The Balaban J connectivity index is 2.30. The van der Waals surface area contributed by atoms with Gasteiger partial charge in [-0.1, -0.05) is 0 Å². The molecule has 0 fully saturated rings. The van der Waals surface area contributed by atoms with Gasteiger partial charge in [0.05, 0.1) is 0 Å². The van der Waals surface area contributed by atoms with Crippen LogP contribution in [0.4, 0.5) is 0 Å². The van der Waals surface area contributed by atoms with Crippen LogP contribution >= 0.6 is 0 Å². The molecule has 1 aliphatic carbocycles. The van der Waals surface area contributed by atoms with E-state index in [9.17, 15) is 0 Å². The van der Waals surface area contributed by atoms with Crippen LogP contribution in [-0.2, 0) is 16.0 Å². The van der Waals surface area contributed by atoms with Crippen molar-refractivity contribution in [3.8, 4) is 0 Å². The first kappa shape index (κ1) is 10.9. The van der Waals surface area contributed by atoms with E-state index < -0.39 is 16.0 Å². The molecule has 0 aliphatic heterocycles. The predicted molar refractivity (Wildman–Crippen MR) is 62.2 cm³/mol. The summed E-state index contributed by atoms with van der Waals surface area (Å²) in [6, 6.07) is 2.36. The summed E-state index contributed by atoms with van der Waals surface area (Å²) in [4.78, 5) is 3.43. The summed E-state index contributed by atoms with van der Waals surface area (Å²) in [5, 5.41) is 1.33. The number of aromatic amines is 1. The molecule has 0 spiro atoms. The van der Waals surface area contributed by atoms with Gasteiger partial charge >= 0.3 is 97.1 Å². The fourth-order valence-corrected chi connectivity index (χ4v) is 6.67. The summed E-state index contributed by atoms with van der Waals surface area (Å²) in [6.45, 7) is 6.70. The number of hydrogen-bond acceptors (Lipinski definition) is 0. The fourth-order valence-electron chi connectivity index (χ4n) is 1.90. The molecule has 1 N–H and O–H groups in total. The van der Waals surface area contributed by atoms with Gasteiger partial charge in [0.2, 0.25) is 0 Å². The number of H-pyrrole nitrogens is 1. The topological polar surface area (TPSA) is 15.8 Å². The summed E-state index contributed by atoms with van der Waals surface area (Å²) < 4.78 is 3.32. The van der Waals surface area contributed by atoms with E-state index in [1.165, 1.54) is 22.8 Å². The summed E-state index contributed by atoms with van der Waals surface area (Å²) in [7, 11) is 0. The van der Waals surface area contributed by atoms with Crippen LogP contribution in [-0.4, -0.2) is 4.98 Å². The van der Waals surface area contributed by atoms with Crippen LogP contribution in [0, 0.1) is 13.8 Å². The van der Waals surface area contributed by atoms with Crippen LogP contribution in [0.5, 0.6) is 0 Å². The molecule has 1 aromatic rings. The molecule has 1 aromatic heterocycles. The zero-order valence-corrected chi connectivity index (χ0v) is 11.3. The molecule has 0 aromatic carbocycles. The van der Waals surface area contributed by atoms with Gasteiger partial charge in [0.1, 0.15) is 0 Å². The third-order valence-electron chi connectivity index (χ3n) is 2.54. The molecule has 0 bridgehead atoms. The fraction of sp³-hybridized carbons (Fsp3) is 0.385. The SMILES string of the molecule is C[CH2][Ru]([C]1=CC=CC1)[c]1cc(C)[nH]c1C. The number of aromatic nitrogens is 1. The molecular weight excluding hydrogens is 271 g/mol.